The van der Waals surface area contributed by atoms with E-state index in [4.69, 9.17) is 0 Å². The monoisotopic (exact) mass is 212 g/mol. The van der Waals surface area contributed by atoms with Gasteiger partial charge in [0.1, 0.15) is 5.82 Å². The molecule has 16 heavy (non-hydrogen) atoms. The summed E-state index contributed by atoms with van der Waals surface area (Å²) in [5, 5.41) is 3.15. The summed E-state index contributed by atoms with van der Waals surface area (Å²) in [5.74, 6) is 0.863. The highest BCUT2D eigenvalue weighted by molar-refractivity contribution is 5.94. The number of Topliss-reactive ketones (excluding diaryl/α,β-unsaturated/α-hetero) is 1. The van der Waals surface area contributed by atoms with Crippen LogP contribution < -0.4 is 5.32 Å². The molecule has 80 valence electrons. The van der Waals surface area contributed by atoms with Crippen LogP contribution in [0.3, 0.4) is 0 Å². The molecule has 0 aliphatic carbocycles. The molecule has 0 bridgehead atoms. The van der Waals surface area contributed by atoms with Gasteiger partial charge in [-0.15, -0.1) is 0 Å². The second-order valence-electron chi connectivity index (χ2n) is 3.47. The molecule has 0 aliphatic heterocycles. The number of carbonyl (C=O) groups is 1. The number of nitrogens with zero attached hydrogens (tertiary/aromatic N) is 1. The van der Waals surface area contributed by atoms with E-state index in [-0.39, 0.29) is 5.78 Å². The van der Waals surface area contributed by atoms with Gasteiger partial charge in [-0.1, -0.05) is 6.07 Å². The first-order valence-electron chi connectivity index (χ1n) is 5.05. The van der Waals surface area contributed by atoms with E-state index in [0.29, 0.717) is 5.56 Å². The number of hydrogen-bond acceptors (Lipinski definition) is 3. The van der Waals surface area contributed by atoms with Gasteiger partial charge in [-0.2, -0.15) is 0 Å². The van der Waals surface area contributed by atoms with E-state index in [1.165, 1.54) is 0 Å². The van der Waals surface area contributed by atoms with E-state index in [1.807, 2.05) is 30.3 Å². The zero-order chi connectivity index (χ0) is 11.4. The van der Waals surface area contributed by atoms with Crippen molar-refractivity contribution in [3.63, 3.8) is 0 Å². The lowest BCUT2D eigenvalue weighted by Crippen LogP contribution is -1.95. The molecule has 0 unspecified atom stereocenters. The van der Waals surface area contributed by atoms with Crippen molar-refractivity contribution < 1.29 is 4.79 Å². The van der Waals surface area contributed by atoms with Crippen molar-refractivity contribution in [2.24, 2.45) is 0 Å². The van der Waals surface area contributed by atoms with Crippen LogP contribution in [0.4, 0.5) is 11.5 Å². The second kappa shape index (κ2) is 4.57. The fourth-order valence-electron chi connectivity index (χ4n) is 1.37. The summed E-state index contributed by atoms with van der Waals surface area (Å²) in [6.07, 6.45) is 1.73. The smallest absolute Gasteiger partial charge is 0.159 e. The van der Waals surface area contributed by atoms with E-state index < -0.39 is 0 Å². The van der Waals surface area contributed by atoms with Gasteiger partial charge in [-0.25, -0.2) is 4.98 Å². The molecule has 0 spiro atoms. The average Bonchev–Trinajstić information content (AvgIpc) is 2.31. The second-order valence-corrected chi connectivity index (χ2v) is 3.47. The predicted molar refractivity (Wildman–Crippen MR) is 64.0 cm³/mol. The summed E-state index contributed by atoms with van der Waals surface area (Å²) in [6.45, 7) is 1.56. The Morgan fingerprint density at radius 2 is 1.88 bits per heavy atom. The Bertz CT molecular complexity index is 477. The van der Waals surface area contributed by atoms with Gasteiger partial charge >= 0.3 is 0 Å². The van der Waals surface area contributed by atoms with Crippen molar-refractivity contribution in [1.29, 1.82) is 0 Å². The van der Waals surface area contributed by atoms with Crippen LogP contribution in [0.1, 0.15) is 17.3 Å². The predicted octanol–water partition coefficient (Wildman–Crippen LogP) is 3.03. The lowest BCUT2D eigenvalue weighted by atomic mass is 10.1. The molecule has 1 aromatic carbocycles. The molecule has 0 saturated heterocycles. The molecule has 0 radical (unpaired) electrons. The van der Waals surface area contributed by atoms with Crippen molar-refractivity contribution >= 4 is 17.3 Å². The van der Waals surface area contributed by atoms with Crippen LogP contribution in [0.25, 0.3) is 0 Å². The number of pyridine rings is 1. The Hall–Kier alpha value is -2.16. The summed E-state index contributed by atoms with van der Waals surface area (Å²) in [7, 11) is 0. The quantitative estimate of drug-likeness (QED) is 0.795. The summed E-state index contributed by atoms with van der Waals surface area (Å²) >= 11 is 0. The highest BCUT2D eigenvalue weighted by Crippen LogP contribution is 2.14. The summed E-state index contributed by atoms with van der Waals surface area (Å²) in [5.41, 5.74) is 1.63. The number of rotatable bonds is 3. The molecular formula is C13H12N2O. The number of anilines is 2. The average molecular weight is 212 g/mol. The molecular weight excluding hydrogens is 200 g/mol. The molecule has 2 rings (SSSR count). The minimum Gasteiger partial charge on any atom is -0.340 e. The Labute approximate surface area is 94.1 Å². The van der Waals surface area contributed by atoms with E-state index in [0.717, 1.165) is 11.5 Å². The van der Waals surface area contributed by atoms with Crippen LogP contribution in [0.15, 0.2) is 48.7 Å². The van der Waals surface area contributed by atoms with E-state index in [9.17, 15) is 4.79 Å². The third-order valence-corrected chi connectivity index (χ3v) is 2.23. The fraction of sp³-hybridized carbons (Fsp3) is 0.0769. The van der Waals surface area contributed by atoms with Gasteiger partial charge in [-0.3, -0.25) is 4.79 Å². The first-order valence-corrected chi connectivity index (χ1v) is 5.05. The normalized spacial score (nSPS) is 9.81. The number of hydrogen-bond donors (Lipinski definition) is 1. The van der Waals surface area contributed by atoms with E-state index in [1.54, 1.807) is 25.3 Å². The molecule has 1 heterocycles. The molecule has 0 fully saturated rings. The summed E-state index contributed by atoms with van der Waals surface area (Å²) in [6, 6.07) is 13.0. The Kier molecular flexibility index (Phi) is 2.96. The lowest BCUT2D eigenvalue weighted by Gasteiger charge is -2.05. The fourth-order valence-corrected chi connectivity index (χ4v) is 1.37. The Morgan fingerprint density at radius 3 is 2.44 bits per heavy atom. The van der Waals surface area contributed by atoms with Gasteiger partial charge in [0.25, 0.3) is 0 Å². The minimum absolute atomic E-state index is 0.0735. The van der Waals surface area contributed by atoms with Gasteiger partial charge in [0.2, 0.25) is 0 Å². The van der Waals surface area contributed by atoms with Crippen LogP contribution in [0.5, 0.6) is 0 Å². The molecule has 2 aromatic rings. The minimum atomic E-state index is 0.0735. The molecule has 3 nitrogen and oxygen atoms in total. The molecule has 0 aliphatic rings. The maximum atomic E-state index is 11.1. The molecule has 0 atom stereocenters. The number of nitrogens with one attached hydrogen (secondary N) is 1. The number of benzene rings is 1. The first kappa shape index (κ1) is 10.4. The molecule has 0 amide bonds. The van der Waals surface area contributed by atoms with Crippen molar-refractivity contribution in [2.45, 2.75) is 6.92 Å². The van der Waals surface area contributed by atoms with Gasteiger partial charge in [0.05, 0.1) is 0 Å². The maximum absolute atomic E-state index is 11.1. The van der Waals surface area contributed by atoms with Gasteiger partial charge < -0.3 is 5.32 Å². The maximum Gasteiger partial charge on any atom is 0.159 e. The highest BCUT2D eigenvalue weighted by atomic mass is 16.1. The molecule has 1 N–H and O–H groups in total. The number of aromatic nitrogens is 1. The standard InChI is InChI=1S/C13H12N2O/c1-10(16)11-5-7-12(8-6-11)15-13-4-2-3-9-14-13/h2-9H,1H3,(H,14,15). The van der Waals surface area contributed by atoms with E-state index >= 15 is 0 Å². The van der Waals surface area contributed by atoms with Gasteiger partial charge in [0, 0.05) is 17.4 Å². The van der Waals surface area contributed by atoms with Crippen LogP contribution in [-0.4, -0.2) is 10.8 Å². The third-order valence-electron chi connectivity index (χ3n) is 2.23. The van der Waals surface area contributed by atoms with Crippen LogP contribution in [0, 0.1) is 0 Å². The number of carbonyl (C=O) groups excluding carboxylic acids is 1. The van der Waals surface area contributed by atoms with E-state index in [2.05, 4.69) is 10.3 Å². The highest BCUT2D eigenvalue weighted by Gasteiger charge is 1.99. The Morgan fingerprint density at radius 1 is 1.12 bits per heavy atom. The van der Waals surface area contributed by atoms with Gasteiger partial charge in [0.15, 0.2) is 5.78 Å². The van der Waals surface area contributed by atoms with Crippen LogP contribution >= 0.6 is 0 Å². The topological polar surface area (TPSA) is 42.0 Å². The van der Waals surface area contributed by atoms with Crippen molar-refractivity contribution in [3.8, 4) is 0 Å². The molecule has 1 aromatic heterocycles. The largest absolute Gasteiger partial charge is 0.340 e. The van der Waals surface area contributed by atoms with Crippen molar-refractivity contribution in [1.82, 2.24) is 4.98 Å². The van der Waals surface area contributed by atoms with Crippen LogP contribution in [-0.2, 0) is 0 Å². The molecule has 0 saturated carbocycles. The van der Waals surface area contributed by atoms with Gasteiger partial charge in [-0.05, 0) is 43.3 Å². The zero-order valence-electron chi connectivity index (χ0n) is 8.97. The SMILES string of the molecule is CC(=O)c1ccc(Nc2ccccn2)cc1. The summed E-state index contributed by atoms with van der Waals surface area (Å²) in [4.78, 5) is 15.2. The van der Waals surface area contributed by atoms with Crippen LogP contribution in [0.2, 0.25) is 0 Å². The van der Waals surface area contributed by atoms with Crippen molar-refractivity contribution in [3.05, 3.63) is 54.2 Å². The lowest BCUT2D eigenvalue weighted by molar-refractivity contribution is 0.101. The third kappa shape index (κ3) is 2.45. The first-order chi connectivity index (χ1) is 7.75. The number of ketones is 1. The summed E-state index contributed by atoms with van der Waals surface area (Å²) < 4.78 is 0. The Balaban J connectivity index is 2.14. The van der Waals surface area contributed by atoms with Crippen molar-refractivity contribution in [2.75, 3.05) is 5.32 Å². The zero-order valence-corrected chi connectivity index (χ0v) is 8.97. The molecule has 3 heteroatoms.